The zero-order valence-electron chi connectivity index (χ0n) is 7.29. The maximum Gasteiger partial charge on any atom is -0.00899 e. The third-order valence-electron chi connectivity index (χ3n) is 4.38. The molecule has 0 aliphatic heterocycles. The van der Waals surface area contributed by atoms with Crippen LogP contribution in [0.2, 0.25) is 0 Å². The fourth-order valence-corrected chi connectivity index (χ4v) is 3.69. The predicted molar refractivity (Wildman–Crippen MR) is 47.2 cm³/mol. The highest BCUT2D eigenvalue weighted by atomic mass is 14.7. The van der Waals surface area contributed by atoms with Crippen LogP contribution in [-0.4, -0.2) is 0 Å². The summed E-state index contributed by atoms with van der Waals surface area (Å²) in [5.74, 6) is 5.19. The van der Waals surface area contributed by atoms with Crippen molar-refractivity contribution in [2.45, 2.75) is 25.7 Å². The molecule has 12 heavy (non-hydrogen) atoms. The molecule has 0 aromatic heterocycles. The minimum Gasteiger partial charge on any atom is -0.0847 e. The number of hydrogen-bond donors (Lipinski definition) is 0. The third-order valence-corrected chi connectivity index (χ3v) is 4.38. The fraction of sp³-hybridized carbons (Fsp3) is 0.750. The molecule has 0 saturated heterocycles. The lowest BCUT2D eigenvalue weighted by Crippen LogP contribution is -2.18. The van der Waals surface area contributed by atoms with E-state index in [1.807, 2.05) is 5.57 Å². The van der Waals surface area contributed by atoms with Gasteiger partial charge in [-0.15, -0.1) is 0 Å². The van der Waals surface area contributed by atoms with E-state index in [0.29, 0.717) is 0 Å². The molecule has 5 unspecified atom stereocenters. The fourth-order valence-electron chi connectivity index (χ4n) is 3.69. The average Bonchev–Trinajstić information content (AvgIpc) is 2.98. The van der Waals surface area contributed by atoms with Gasteiger partial charge in [-0.05, 0) is 61.7 Å². The Kier molecular flexibility index (Phi) is 0.939. The minimum atomic E-state index is 0.826. The van der Waals surface area contributed by atoms with Gasteiger partial charge in [-0.1, -0.05) is 11.6 Å². The van der Waals surface area contributed by atoms with Crippen LogP contribution < -0.4 is 0 Å². The highest BCUT2D eigenvalue weighted by Gasteiger charge is 2.62. The first-order chi connectivity index (χ1) is 5.95. The van der Waals surface area contributed by atoms with E-state index in [1.54, 1.807) is 0 Å². The summed E-state index contributed by atoms with van der Waals surface area (Å²) in [4.78, 5) is 0. The molecule has 0 nitrogen and oxygen atoms in total. The van der Waals surface area contributed by atoms with E-state index in [2.05, 4.69) is 12.5 Å². The highest BCUT2D eigenvalue weighted by Crippen LogP contribution is 2.70. The molecule has 3 saturated carbocycles. The molecule has 2 radical (unpaired) electrons. The summed E-state index contributed by atoms with van der Waals surface area (Å²) in [5.41, 5.74) is 1.81. The molecule has 0 spiro atoms. The van der Waals surface area contributed by atoms with Crippen molar-refractivity contribution in [1.82, 2.24) is 0 Å². The Labute approximate surface area is 74.0 Å². The van der Waals surface area contributed by atoms with E-state index in [-0.39, 0.29) is 0 Å². The first-order valence-electron chi connectivity index (χ1n) is 5.38. The molecule has 0 amide bonds. The zero-order valence-corrected chi connectivity index (χ0v) is 7.29. The van der Waals surface area contributed by atoms with Crippen LogP contribution in [-0.2, 0) is 0 Å². The van der Waals surface area contributed by atoms with E-state index in [1.165, 1.54) is 25.7 Å². The quantitative estimate of drug-likeness (QED) is 0.475. The van der Waals surface area contributed by atoms with Crippen molar-refractivity contribution in [2.75, 3.05) is 0 Å². The van der Waals surface area contributed by atoms with Gasteiger partial charge in [0.25, 0.3) is 0 Å². The maximum absolute atomic E-state index is 3.70. The van der Waals surface area contributed by atoms with Crippen molar-refractivity contribution in [2.24, 2.45) is 29.6 Å². The van der Waals surface area contributed by atoms with Crippen molar-refractivity contribution in [3.63, 3.8) is 0 Å². The molecule has 62 valence electrons. The van der Waals surface area contributed by atoms with Crippen LogP contribution in [0.15, 0.2) is 11.6 Å². The normalized spacial score (nSPS) is 59.3. The molecule has 5 atom stereocenters. The van der Waals surface area contributed by atoms with Gasteiger partial charge >= 0.3 is 0 Å². The summed E-state index contributed by atoms with van der Waals surface area (Å²) in [7, 11) is 0. The lowest BCUT2D eigenvalue weighted by atomic mass is 9.77. The van der Waals surface area contributed by atoms with Gasteiger partial charge < -0.3 is 0 Å². The van der Waals surface area contributed by atoms with Gasteiger partial charge in [-0.25, -0.2) is 0 Å². The molecule has 0 aromatic rings. The number of rotatable bonds is 0. The van der Waals surface area contributed by atoms with Crippen LogP contribution >= 0.6 is 0 Å². The van der Waals surface area contributed by atoms with Crippen molar-refractivity contribution >= 4 is 0 Å². The Morgan fingerprint density at radius 3 is 3.17 bits per heavy atom. The van der Waals surface area contributed by atoms with Gasteiger partial charge in [0.15, 0.2) is 0 Å². The predicted octanol–water partition coefficient (Wildman–Crippen LogP) is 2.69. The van der Waals surface area contributed by atoms with E-state index in [4.69, 9.17) is 0 Å². The molecular weight excluding hydrogens is 144 g/mol. The summed E-state index contributed by atoms with van der Waals surface area (Å²) in [6, 6.07) is 0. The van der Waals surface area contributed by atoms with E-state index >= 15 is 0 Å². The second-order valence-corrected chi connectivity index (χ2v) is 4.99. The largest absolute Gasteiger partial charge is 0.0847 e. The summed E-state index contributed by atoms with van der Waals surface area (Å²) < 4.78 is 0. The molecule has 3 fully saturated rings. The summed E-state index contributed by atoms with van der Waals surface area (Å²) in [6.07, 6.45) is 11.8. The third kappa shape index (κ3) is 0.616. The second kappa shape index (κ2) is 1.81. The lowest BCUT2D eigenvalue weighted by molar-refractivity contribution is 0.430. The Morgan fingerprint density at radius 1 is 1.17 bits per heavy atom. The number of hydrogen-bond acceptors (Lipinski definition) is 0. The molecule has 0 heteroatoms. The summed E-state index contributed by atoms with van der Waals surface area (Å²) in [5, 5.41) is 0. The number of fused-ring (bicyclic) bond motifs is 6. The molecule has 4 aliphatic carbocycles. The van der Waals surface area contributed by atoms with E-state index in [9.17, 15) is 0 Å². The lowest BCUT2D eigenvalue weighted by Gasteiger charge is -2.27. The smallest absolute Gasteiger partial charge is 0.00899 e. The standard InChI is InChI=1S/C12H14/c1-2-4-8-7(3-1)9-5-11(9)12-6-10(8)12/h3,8-12H,1-2,5-6H2. The minimum absolute atomic E-state index is 0.826. The molecule has 4 rings (SSSR count). The van der Waals surface area contributed by atoms with Crippen LogP contribution in [0.25, 0.3) is 0 Å². The van der Waals surface area contributed by atoms with E-state index in [0.717, 1.165) is 29.6 Å². The van der Waals surface area contributed by atoms with Gasteiger partial charge in [0.05, 0.1) is 0 Å². The van der Waals surface area contributed by atoms with Crippen molar-refractivity contribution in [3.8, 4) is 0 Å². The Balaban J connectivity index is 1.78. The second-order valence-electron chi connectivity index (χ2n) is 4.99. The Morgan fingerprint density at radius 2 is 2.17 bits per heavy atom. The molecule has 4 aliphatic rings. The first kappa shape index (κ1) is 6.23. The van der Waals surface area contributed by atoms with Crippen LogP contribution in [0.1, 0.15) is 25.7 Å². The Bertz CT molecular complexity index is 263. The van der Waals surface area contributed by atoms with Crippen LogP contribution in [0.3, 0.4) is 0 Å². The monoisotopic (exact) mass is 158 g/mol. The zero-order chi connectivity index (χ0) is 7.71. The molecule has 0 aromatic carbocycles. The summed E-state index contributed by atoms with van der Waals surface area (Å²) in [6.45, 7) is 0. The summed E-state index contributed by atoms with van der Waals surface area (Å²) >= 11 is 0. The maximum atomic E-state index is 3.70. The molecule has 0 heterocycles. The molecular formula is C12H14. The van der Waals surface area contributed by atoms with Gasteiger partial charge in [-0.3, -0.25) is 0 Å². The Hall–Kier alpha value is -0.260. The van der Waals surface area contributed by atoms with Crippen LogP contribution in [0, 0.1) is 36.0 Å². The highest BCUT2D eigenvalue weighted by molar-refractivity contribution is 5.33. The first-order valence-corrected chi connectivity index (χ1v) is 5.38. The van der Waals surface area contributed by atoms with Gasteiger partial charge in [0.1, 0.15) is 0 Å². The van der Waals surface area contributed by atoms with Crippen LogP contribution in [0.4, 0.5) is 0 Å². The molecule has 0 bridgehead atoms. The number of allylic oxidation sites excluding steroid dienone is 2. The molecule has 0 N–H and O–H groups in total. The van der Waals surface area contributed by atoms with Gasteiger partial charge in [0.2, 0.25) is 0 Å². The van der Waals surface area contributed by atoms with E-state index < -0.39 is 0 Å². The SMILES string of the molecule is [C]1CCC=C2C1C1CC1C1CC21. The van der Waals surface area contributed by atoms with Crippen molar-refractivity contribution < 1.29 is 0 Å². The van der Waals surface area contributed by atoms with Crippen molar-refractivity contribution in [1.29, 1.82) is 0 Å². The van der Waals surface area contributed by atoms with Gasteiger partial charge in [-0.2, -0.15) is 0 Å². The van der Waals surface area contributed by atoms with Crippen molar-refractivity contribution in [3.05, 3.63) is 18.1 Å². The van der Waals surface area contributed by atoms with Gasteiger partial charge in [0, 0.05) is 0 Å². The topological polar surface area (TPSA) is 0 Å². The average molecular weight is 158 g/mol. The van der Waals surface area contributed by atoms with Crippen LogP contribution in [0.5, 0.6) is 0 Å².